The van der Waals surface area contributed by atoms with Crippen LogP contribution in [0.15, 0.2) is 23.1 Å². The van der Waals surface area contributed by atoms with E-state index in [1.807, 2.05) is 0 Å². The number of carbonyl (C=O) groups is 1. The second-order valence-corrected chi connectivity index (χ2v) is 7.05. The maximum absolute atomic E-state index is 12.0. The van der Waals surface area contributed by atoms with Gasteiger partial charge in [-0.25, -0.2) is 8.42 Å². The van der Waals surface area contributed by atoms with Gasteiger partial charge < -0.3 is 14.8 Å². The number of nitrogens with one attached hydrogen (secondary N) is 1. The van der Waals surface area contributed by atoms with Crippen molar-refractivity contribution < 1.29 is 22.7 Å². The lowest BCUT2D eigenvalue weighted by Gasteiger charge is -2.15. The molecule has 0 aromatic heterocycles. The summed E-state index contributed by atoms with van der Waals surface area (Å²) in [4.78, 5) is 11.7. The normalized spacial score (nSPS) is 13.0. The molecule has 1 atom stereocenters. The quantitative estimate of drug-likeness (QED) is 0.752. The molecule has 0 bridgehead atoms. The zero-order chi connectivity index (χ0) is 16.0. The number of amides is 1. The first-order chi connectivity index (χ1) is 9.79. The van der Waals surface area contributed by atoms with Crippen molar-refractivity contribution in [3.63, 3.8) is 0 Å². The molecule has 0 aliphatic heterocycles. The van der Waals surface area contributed by atoms with Gasteiger partial charge in [-0.05, 0) is 18.2 Å². The summed E-state index contributed by atoms with van der Waals surface area (Å²) in [5, 5.41) is 2.56. The Morgan fingerprint density at radius 1 is 1.38 bits per heavy atom. The molecule has 0 aliphatic carbocycles. The summed E-state index contributed by atoms with van der Waals surface area (Å²) in [5.41, 5.74) is 0.130. The smallest absolute Gasteiger partial charge is 0.262 e. The van der Waals surface area contributed by atoms with E-state index in [2.05, 4.69) is 5.32 Å². The Bertz CT molecular complexity index is 606. The summed E-state index contributed by atoms with van der Waals surface area (Å²) in [6.45, 7) is 0.535. The minimum absolute atomic E-state index is 0.0456. The van der Waals surface area contributed by atoms with Gasteiger partial charge in [-0.3, -0.25) is 4.79 Å². The SMILES string of the molecule is COCC(CNC(=O)c1ccc(Cl)c(S(=O)(=O)Cl)c1)OC. The van der Waals surface area contributed by atoms with Crippen LogP contribution in [0.1, 0.15) is 10.4 Å². The Morgan fingerprint density at radius 3 is 2.57 bits per heavy atom. The summed E-state index contributed by atoms with van der Waals surface area (Å²) in [6.07, 6.45) is -0.303. The predicted octanol–water partition coefficient (Wildman–Crippen LogP) is 1.66. The fourth-order valence-electron chi connectivity index (χ4n) is 1.54. The molecule has 0 heterocycles. The van der Waals surface area contributed by atoms with Gasteiger partial charge in [0.15, 0.2) is 0 Å². The van der Waals surface area contributed by atoms with Crippen molar-refractivity contribution in [1.29, 1.82) is 0 Å². The molecule has 0 fully saturated rings. The number of hydrogen-bond donors (Lipinski definition) is 1. The molecule has 1 N–H and O–H groups in total. The Labute approximate surface area is 132 Å². The molecule has 1 aromatic rings. The van der Waals surface area contributed by atoms with Crippen LogP contribution in [-0.2, 0) is 18.5 Å². The third-order valence-electron chi connectivity index (χ3n) is 2.63. The monoisotopic (exact) mass is 355 g/mol. The van der Waals surface area contributed by atoms with Crippen LogP contribution in [0.2, 0.25) is 5.02 Å². The number of carbonyl (C=O) groups excluding carboxylic acids is 1. The molecule has 0 aliphatic rings. The van der Waals surface area contributed by atoms with Crippen LogP contribution in [0.25, 0.3) is 0 Å². The van der Waals surface area contributed by atoms with Gasteiger partial charge in [0.2, 0.25) is 0 Å². The predicted molar refractivity (Wildman–Crippen MR) is 79.5 cm³/mol. The van der Waals surface area contributed by atoms with Crippen molar-refractivity contribution in [2.45, 2.75) is 11.0 Å². The number of rotatable bonds is 7. The van der Waals surface area contributed by atoms with E-state index in [9.17, 15) is 13.2 Å². The lowest BCUT2D eigenvalue weighted by molar-refractivity contribution is 0.0285. The molecule has 0 radical (unpaired) electrons. The van der Waals surface area contributed by atoms with E-state index in [1.165, 1.54) is 26.4 Å². The topological polar surface area (TPSA) is 81.7 Å². The first kappa shape index (κ1) is 18.2. The molecule has 0 spiro atoms. The molecule has 6 nitrogen and oxygen atoms in total. The molecular weight excluding hydrogens is 341 g/mol. The van der Waals surface area contributed by atoms with Crippen molar-refractivity contribution in [1.82, 2.24) is 5.32 Å². The fourth-order valence-corrected chi connectivity index (χ4v) is 3.03. The number of halogens is 2. The van der Waals surface area contributed by atoms with E-state index in [4.69, 9.17) is 31.8 Å². The van der Waals surface area contributed by atoms with Crippen molar-refractivity contribution in [2.75, 3.05) is 27.4 Å². The van der Waals surface area contributed by atoms with E-state index in [-0.39, 0.29) is 28.1 Å². The maximum Gasteiger partial charge on any atom is 0.262 e. The summed E-state index contributed by atoms with van der Waals surface area (Å²) >= 11 is 5.74. The highest BCUT2D eigenvalue weighted by Gasteiger charge is 2.18. The number of methoxy groups -OCH3 is 2. The van der Waals surface area contributed by atoms with Crippen LogP contribution in [0, 0.1) is 0 Å². The second kappa shape index (κ2) is 7.95. The summed E-state index contributed by atoms with van der Waals surface area (Å²) < 4.78 is 32.7. The summed E-state index contributed by atoms with van der Waals surface area (Å²) in [5.74, 6) is -0.466. The summed E-state index contributed by atoms with van der Waals surface area (Å²) in [7, 11) is 4.25. The van der Waals surface area contributed by atoms with Crippen molar-refractivity contribution in [2.24, 2.45) is 0 Å². The Morgan fingerprint density at radius 2 is 2.05 bits per heavy atom. The van der Waals surface area contributed by atoms with Crippen LogP contribution in [-0.4, -0.2) is 47.8 Å². The van der Waals surface area contributed by atoms with Crippen LogP contribution in [0.4, 0.5) is 0 Å². The van der Waals surface area contributed by atoms with Gasteiger partial charge in [-0.15, -0.1) is 0 Å². The number of benzene rings is 1. The molecule has 21 heavy (non-hydrogen) atoms. The lowest BCUT2D eigenvalue weighted by atomic mass is 10.2. The Kier molecular flexibility index (Phi) is 6.89. The minimum atomic E-state index is -4.02. The van der Waals surface area contributed by atoms with E-state index in [0.717, 1.165) is 6.07 Å². The van der Waals surface area contributed by atoms with Crippen LogP contribution < -0.4 is 5.32 Å². The molecule has 1 rings (SSSR count). The highest BCUT2D eigenvalue weighted by Crippen LogP contribution is 2.25. The molecule has 1 aromatic carbocycles. The molecule has 118 valence electrons. The highest BCUT2D eigenvalue weighted by molar-refractivity contribution is 8.13. The third-order valence-corrected chi connectivity index (χ3v) is 4.44. The van der Waals surface area contributed by atoms with Gasteiger partial charge in [0.1, 0.15) is 4.90 Å². The first-order valence-corrected chi connectivity index (χ1v) is 8.52. The average molecular weight is 356 g/mol. The largest absolute Gasteiger partial charge is 0.382 e. The molecule has 1 amide bonds. The maximum atomic E-state index is 12.0. The van der Waals surface area contributed by atoms with E-state index in [0.29, 0.717) is 6.61 Å². The van der Waals surface area contributed by atoms with E-state index < -0.39 is 15.0 Å². The lowest BCUT2D eigenvalue weighted by Crippen LogP contribution is -2.35. The number of ether oxygens (including phenoxy) is 2. The molecule has 1 unspecified atom stereocenters. The van der Waals surface area contributed by atoms with Gasteiger partial charge in [0, 0.05) is 37.0 Å². The highest BCUT2D eigenvalue weighted by atomic mass is 35.7. The van der Waals surface area contributed by atoms with Crippen molar-refractivity contribution in [3.05, 3.63) is 28.8 Å². The van der Waals surface area contributed by atoms with Gasteiger partial charge in [-0.1, -0.05) is 11.6 Å². The van der Waals surface area contributed by atoms with Crippen LogP contribution in [0.5, 0.6) is 0 Å². The number of hydrogen-bond acceptors (Lipinski definition) is 5. The molecule has 0 saturated heterocycles. The zero-order valence-corrected chi connectivity index (χ0v) is 13.8. The van der Waals surface area contributed by atoms with Gasteiger partial charge in [0.05, 0.1) is 17.7 Å². The second-order valence-electron chi connectivity index (χ2n) is 4.11. The summed E-state index contributed by atoms with van der Waals surface area (Å²) in [6, 6.07) is 3.83. The molecule has 9 heteroatoms. The van der Waals surface area contributed by atoms with E-state index >= 15 is 0 Å². The third kappa shape index (κ3) is 5.44. The van der Waals surface area contributed by atoms with Gasteiger partial charge >= 0.3 is 0 Å². The molecule has 0 saturated carbocycles. The Hall–Kier alpha value is -0.860. The van der Waals surface area contributed by atoms with Crippen molar-refractivity contribution >= 4 is 37.2 Å². The van der Waals surface area contributed by atoms with Gasteiger partial charge in [0.25, 0.3) is 15.0 Å². The standard InChI is InChI=1S/C12H15Cl2NO5S/c1-19-7-9(20-2)6-15-12(16)8-3-4-10(13)11(5-8)21(14,17)18/h3-5,9H,6-7H2,1-2H3,(H,15,16). The first-order valence-electron chi connectivity index (χ1n) is 5.83. The minimum Gasteiger partial charge on any atom is -0.382 e. The average Bonchev–Trinajstić information content (AvgIpc) is 2.42. The van der Waals surface area contributed by atoms with Crippen LogP contribution >= 0.6 is 22.3 Å². The van der Waals surface area contributed by atoms with Crippen LogP contribution in [0.3, 0.4) is 0 Å². The van der Waals surface area contributed by atoms with Gasteiger partial charge in [-0.2, -0.15) is 0 Å². The molecular formula is C12H15Cl2NO5S. The Balaban J connectivity index is 2.84. The van der Waals surface area contributed by atoms with Crippen molar-refractivity contribution in [3.8, 4) is 0 Å². The van der Waals surface area contributed by atoms with E-state index in [1.54, 1.807) is 0 Å². The zero-order valence-electron chi connectivity index (χ0n) is 11.4. The fraction of sp³-hybridized carbons (Fsp3) is 0.417.